The lowest BCUT2D eigenvalue weighted by molar-refractivity contribution is -0.130. The number of rotatable bonds is 3. The van der Waals surface area contributed by atoms with E-state index in [-0.39, 0.29) is 5.91 Å². The summed E-state index contributed by atoms with van der Waals surface area (Å²) in [4.78, 5) is 16.5. The molecule has 2 heterocycles. The first-order valence-electron chi connectivity index (χ1n) is 6.18. The molecule has 1 fully saturated rings. The maximum absolute atomic E-state index is 12.4. The van der Waals surface area contributed by atoms with Crippen molar-refractivity contribution in [1.82, 2.24) is 4.98 Å². The molecule has 1 aliphatic heterocycles. The van der Waals surface area contributed by atoms with Gasteiger partial charge in [0.05, 0.1) is 5.41 Å². The van der Waals surface area contributed by atoms with Gasteiger partial charge in [0.15, 0.2) is 0 Å². The third-order valence-electron chi connectivity index (χ3n) is 3.48. The van der Waals surface area contributed by atoms with Crippen LogP contribution in [-0.2, 0) is 9.53 Å². The molecule has 0 bridgehead atoms. The van der Waals surface area contributed by atoms with Gasteiger partial charge in [-0.3, -0.25) is 9.78 Å². The van der Waals surface area contributed by atoms with Gasteiger partial charge >= 0.3 is 0 Å². The van der Waals surface area contributed by atoms with Crippen LogP contribution < -0.4 is 11.1 Å². The van der Waals surface area contributed by atoms with Crippen molar-refractivity contribution in [3.63, 3.8) is 0 Å². The fraction of sp³-hybridized carbons (Fsp3) is 0.538. The van der Waals surface area contributed by atoms with Crippen LogP contribution in [-0.4, -0.2) is 30.6 Å². The molecule has 1 aromatic rings. The molecule has 1 amide bonds. The zero-order valence-electron chi connectivity index (χ0n) is 10.6. The zero-order chi connectivity index (χ0) is 13.0. The number of aryl methyl sites for hydroxylation is 1. The van der Waals surface area contributed by atoms with Crippen molar-refractivity contribution in [3.05, 3.63) is 24.0 Å². The topological polar surface area (TPSA) is 77.2 Å². The van der Waals surface area contributed by atoms with E-state index in [1.165, 1.54) is 0 Å². The number of pyridine rings is 1. The molecule has 1 saturated heterocycles. The second kappa shape index (κ2) is 5.46. The van der Waals surface area contributed by atoms with E-state index in [1.54, 1.807) is 12.3 Å². The van der Waals surface area contributed by atoms with E-state index in [1.807, 2.05) is 13.0 Å². The molecule has 0 atom stereocenters. The SMILES string of the molecule is Cc1cc(NC(=O)C2(CN)CCOCC2)ccn1. The largest absolute Gasteiger partial charge is 0.381 e. The van der Waals surface area contributed by atoms with Gasteiger partial charge in [-0.05, 0) is 31.9 Å². The molecular weight excluding hydrogens is 230 g/mol. The molecule has 1 aliphatic rings. The van der Waals surface area contributed by atoms with E-state index in [0.29, 0.717) is 32.6 Å². The van der Waals surface area contributed by atoms with Gasteiger partial charge in [-0.2, -0.15) is 0 Å². The Balaban J connectivity index is 2.10. The number of aromatic nitrogens is 1. The van der Waals surface area contributed by atoms with Crippen LogP contribution in [0, 0.1) is 12.3 Å². The minimum Gasteiger partial charge on any atom is -0.381 e. The number of carbonyl (C=O) groups is 1. The van der Waals surface area contributed by atoms with E-state index in [4.69, 9.17) is 10.5 Å². The summed E-state index contributed by atoms with van der Waals surface area (Å²) in [5.41, 5.74) is 6.95. The van der Waals surface area contributed by atoms with Crippen molar-refractivity contribution in [2.75, 3.05) is 25.1 Å². The first kappa shape index (κ1) is 13.0. The lowest BCUT2D eigenvalue weighted by Crippen LogP contribution is -2.46. The summed E-state index contributed by atoms with van der Waals surface area (Å²) in [6.07, 6.45) is 3.04. The number of nitrogens with two attached hydrogens (primary N) is 1. The highest BCUT2D eigenvalue weighted by molar-refractivity contribution is 5.95. The predicted octanol–water partition coefficient (Wildman–Crippen LogP) is 1.08. The van der Waals surface area contributed by atoms with Gasteiger partial charge in [-0.1, -0.05) is 0 Å². The molecule has 5 nitrogen and oxygen atoms in total. The molecule has 0 spiro atoms. The van der Waals surface area contributed by atoms with E-state index < -0.39 is 5.41 Å². The standard InChI is InChI=1S/C13H19N3O2/c1-10-8-11(2-5-15-10)16-12(17)13(9-14)3-6-18-7-4-13/h2,5,8H,3-4,6-7,9,14H2,1H3,(H,15,16,17). The van der Waals surface area contributed by atoms with Gasteiger partial charge < -0.3 is 15.8 Å². The minimum atomic E-state index is -0.491. The first-order chi connectivity index (χ1) is 8.66. The van der Waals surface area contributed by atoms with Gasteiger partial charge in [0, 0.05) is 37.3 Å². The highest BCUT2D eigenvalue weighted by Gasteiger charge is 2.38. The fourth-order valence-electron chi connectivity index (χ4n) is 2.17. The molecule has 5 heteroatoms. The normalized spacial score (nSPS) is 18.3. The Bertz CT molecular complexity index is 428. The third-order valence-corrected chi connectivity index (χ3v) is 3.48. The number of hydrogen-bond donors (Lipinski definition) is 2. The number of ether oxygens (including phenoxy) is 1. The van der Waals surface area contributed by atoms with Crippen molar-refractivity contribution in [2.24, 2.45) is 11.1 Å². The lowest BCUT2D eigenvalue weighted by atomic mass is 9.79. The van der Waals surface area contributed by atoms with E-state index in [2.05, 4.69) is 10.3 Å². The Labute approximate surface area is 107 Å². The molecule has 0 aromatic carbocycles. The average molecular weight is 249 g/mol. The monoisotopic (exact) mass is 249 g/mol. The maximum Gasteiger partial charge on any atom is 0.232 e. The summed E-state index contributed by atoms with van der Waals surface area (Å²) >= 11 is 0. The van der Waals surface area contributed by atoms with Crippen LogP contribution in [0.5, 0.6) is 0 Å². The van der Waals surface area contributed by atoms with Crippen LogP contribution in [0.25, 0.3) is 0 Å². The smallest absolute Gasteiger partial charge is 0.232 e. The second-order valence-corrected chi connectivity index (χ2v) is 4.74. The highest BCUT2D eigenvalue weighted by atomic mass is 16.5. The van der Waals surface area contributed by atoms with Crippen LogP contribution in [0.4, 0.5) is 5.69 Å². The maximum atomic E-state index is 12.4. The van der Waals surface area contributed by atoms with Gasteiger partial charge in [-0.15, -0.1) is 0 Å². The summed E-state index contributed by atoms with van der Waals surface area (Å²) in [5, 5.41) is 2.93. The van der Waals surface area contributed by atoms with Crippen molar-refractivity contribution >= 4 is 11.6 Å². The Kier molecular flexibility index (Phi) is 3.93. The Morgan fingerprint density at radius 3 is 2.89 bits per heavy atom. The molecule has 3 N–H and O–H groups in total. The Morgan fingerprint density at radius 1 is 1.56 bits per heavy atom. The summed E-state index contributed by atoms with van der Waals surface area (Å²) in [7, 11) is 0. The average Bonchev–Trinajstić information content (AvgIpc) is 2.39. The molecule has 0 unspecified atom stereocenters. The van der Waals surface area contributed by atoms with Crippen LogP contribution in [0.1, 0.15) is 18.5 Å². The van der Waals surface area contributed by atoms with Crippen LogP contribution >= 0.6 is 0 Å². The first-order valence-corrected chi connectivity index (χ1v) is 6.18. The van der Waals surface area contributed by atoms with E-state index in [9.17, 15) is 4.79 Å². The molecule has 0 aliphatic carbocycles. The molecular formula is C13H19N3O2. The molecule has 0 saturated carbocycles. The second-order valence-electron chi connectivity index (χ2n) is 4.74. The highest BCUT2D eigenvalue weighted by Crippen LogP contribution is 2.30. The Hall–Kier alpha value is -1.46. The Morgan fingerprint density at radius 2 is 2.28 bits per heavy atom. The zero-order valence-corrected chi connectivity index (χ0v) is 10.6. The summed E-state index contributed by atoms with van der Waals surface area (Å²) < 4.78 is 5.30. The third kappa shape index (κ3) is 2.68. The van der Waals surface area contributed by atoms with Crippen LogP contribution in [0.15, 0.2) is 18.3 Å². The number of hydrogen-bond acceptors (Lipinski definition) is 4. The summed E-state index contributed by atoms with van der Waals surface area (Å²) in [6.45, 7) is 3.44. The quantitative estimate of drug-likeness (QED) is 0.840. The number of anilines is 1. The molecule has 1 aromatic heterocycles. The summed E-state index contributed by atoms with van der Waals surface area (Å²) in [5.74, 6) is -0.0149. The number of carbonyl (C=O) groups excluding carboxylic acids is 1. The number of nitrogens with zero attached hydrogens (tertiary/aromatic N) is 1. The van der Waals surface area contributed by atoms with Gasteiger partial charge in [0.2, 0.25) is 5.91 Å². The number of nitrogens with one attached hydrogen (secondary N) is 1. The van der Waals surface area contributed by atoms with Crippen molar-refractivity contribution in [2.45, 2.75) is 19.8 Å². The van der Waals surface area contributed by atoms with Gasteiger partial charge in [-0.25, -0.2) is 0 Å². The molecule has 0 radical (unpaired) electrons. The van der Waals surface area contributed by atoms with Crippen LogP contribution in [0.3, 0.4) is 0 Å². The lowest BCUT2D eigenvalue weighted by Gasteiger charge is -2.34. The predicted molar refractivity (Wildman–Crippen MR) is 69.1 cm³/mol. The fourth-order valence-corrected chi connectivity index (χ4v) is 2.17. The van der Waals surface area contributed by atoms with Gasteiger partial charge in [0.25, 0.3) is 0 Å². The van der Waals surface area contributed by atoms with Crippen molar-refractivity contribution in [1.29, 1.82) is 0 Å². The van der Waals surface area contributed by atoms with Crippen molar-refractivity contribution in [3.8, 4) is 0 Å². The minimum absolute atomic E-state index is 0.0149. The van der Waals surface area contributed by atoms with Crippen molar-refractivity contribution < 1.29 is 9.53 Å². The van der Waals surface area contributed by atoms with Gasteiger partial charge in [0.1, 0.15) is 0 Å². The number of amides is 1. The molecule has 2 rings (SSSR count). The summed E-state index contributed by atoms with van der Waals surface area (Å²) in [6, 6.07) is 3.63. The van der Waals surface area contributed by atoms with Crippen LogP contribution in [0.2, 0.25) is 0 Å². The molecule has 18 heavy (non-hydrogen) atoms. The van der Waals surface area contributed by atoms with E-state index >= 15 is 0 Å². The van der Waals surface area contributed by atoms with E-state index in [0.717, 1.165) is 11.4 Å². The molecule has 98 valence electrons.